The van der Waals surface area contributed by atoms with E-state index < -0.39 is 12.1 Å². The molecule has 1 aromatic heterocycles. The van der Waals surface area contributed by atoms with Crippen molar-refractivity contribution in [1.82, 2.24) is 4.57 Å². The summed E-state index contributed by atoms with van der Waals surface area (Å²) >= 11 is 0. The molecule has 0 saturated heterocycles. The number of aromatic nitrogens is 1. The molecule has 1 heterocycles. The first-order chi connectivity index (χ1) is 7.50. The molecule has 0 amide bonds. The third kappa shape index (κ3) is 1.51. The van der Waals surface area contributed by atoms with Gasteiger partial charge in [-0.25, -0.2) is 4.79 Å². The van der Waals surface area contributed by atoms with E-state index in [-0.39, 0.29) is 5.75 Å². The molecule has 1 unspecified atom stereocenters. The number of rotatable bonds is 2. The van der Waals surface area contributed by atoms with Gasteiger partial charge in [0.25, 0.3) is 0 Å². The first kappa shape index (κ1) is 10.5. The molecule has 0 fully saturated rings. The first-order valence-corrected chi connectivity index (χ1v) is 4.69. The molecular formula is C11H11NO4. The summed E-state index contributed by atoms with van der Waals surface area (Å²) in [5, 5.41) is 28.2. The lowest BCUT2D eigenvalue weighted by molar-refractivity contribution is -0.146. The van der Waals surface area contributed by atoms with Gasteiger partial charge in [-0.15, -0.1) is 0 Å². The monoisotopic (exact) mass is 221 g/mol. The SMILES string of the molecule is Cn1cc(C(O)C(=O)O)c2ccc(O)cc21. The zero-order valence-corrected chi connectivity index (χ0v) is 8.58. The average Bonchev–Trinajstić information content (AvgIpc) is 2.55. The maximum Gasteiger partial charge on any atom is 0.337 e. The molecule has 16 heavy (non-hydrogen) atoms. The third-order valence-corrected chi connectivity index (χ3v) is 2.53. The summed E-state index contributed by atoms with van der Waals surface area (Å²) in [5.74, 6) is -1.19. The smallest absolute Gasteiger partial charge is 0.337 e. The van der Waals surface area contributed by atoms with Crippen molar-refractivity contribution in [3.63, 3.8) is 0 Å². The molecule has 5 nitrogen and oxygen atoms in total. The number of carboxylic acids is 1. The van der Waals surface area contributed by atoms with Crippen molar-refractivity contribution in [3.05, 3.63) is 30.0 Å². The van der Waals surface area contributed by atoms with Crippen molar-refractivity contribution in [2.75, 3.05) is 0 Å². The molecule has 0 bridgehead atoms. The summed E-state index contributed by atoms with van der Waals surface area (Å²) in [6, 6.07) is 4.57. The Morgan fingerprint density at radius 3 is 2.75 bits per heavy atom. The minimum Gasteiger partial charge on any atom is -0.508 e. The minimum absolute atomic E-state index is 0.102. The lowest BCUT2D eigenvalue weighted by Crippen LogP contribution is -2.09. The number of aliphatic carboxylic acids is 1. The summed E-state index contributed by atoms with van der Waals surface area (Å²) in [7, 11) is 1.72. The fourth-order valence-corrected chi connectivity index (χ4v) is 1.75. The van der Waals surface area contributed by atoms with E-state index in [2.05, 4.69) is 0 Å². The topological polar surface area (TPSA) is 82.7 Å². The first-order valence-electron chi connectivity index (χ1n) is 4.69. The Bertz CT molecular complexity index is 558. The maximum absolute atomic E-state index is 10.7. The molecule has 3 N–H and O–H groups in total. The van der Waals surface area contributed by atoms with Crippen molar-refractivity contribution in [1.29, 1.82) is 0 Å². The molecular weight excluding hydrogens is 210 g/mol. The van der Waals surface area contributed by atoms with Gasteiger partial charge in [0.15, 0.2) is 6.10 Å². The van der Waals surface area contributed by atoms with E-state index in [1.165, 1.54) is 12.1 Å². The summed E-state index contributed by atoms with van der Waals surface area (Å²) in [6.45, 7) is 0. The predicted molar refractivity (Wildman–Crippen MR) is 57.2 cm³/mol. The van der Waals surface area contributed by atoms with Crippen LogP contribution in [0.2, 0.25) is 0 Å². The van der Waals surface area contributed by atoms with Crippen LogP contribution in [0.4, 0.5) is 0 Å². The maximum atomic E-state index is 10.7. The van der Waals surface area contributed by atoms with Gasteiger partial charge in [0.2, 0.25) is 0 Å². The summed E-state index contributed by atoms with van der Waals surface area (Å²) < 4.78 is 1.66. The van der Waals surface area contributed by atoms with Crippen molar-refractivity contribution in [3.8, 4) is 5.75 Å². The molecule has 1 atom stereocenters. The summed E-state index contributed by atoms with van der Waals surface area (Å²) in [6.07, 6.45) is -0.00339. The highest BCUT2D eigenvalue weighted by atomic mass is 16.4. The van der Waals surface area contributed by atoms with Gasteiger partial charge in [0.1, 0.15) is 5.75 Å². The molecule has 84 valence electrons. The number of hydrogen-bond acceptors (Lipinski definition) is 3. The van der Waals surface area contributed by atoms with Gasteiger partial charge in [-0.05, 0) is 12.1 Å². The molecule has 0 aliphatic rings. The second-order valence-corrected chi connectivity index (χ2v) is 3.64. The van der Waals surface area contributed by atoms with E-state index in [9.17, 15) is 15.0 Å². The quantitative estimate of drug-likeness (QED) is 0.706. The Labute approximate surface area is 91.2 Å². The molecule has 0 radical (unpaired) electrons. The van der Waals surface area contributed by atoms with Gasteiger partial charge in [-0.3, -0.25) is 0 Å². The van der Waals surface area contributed by atoms with E-state index in [4.69, 9.17) is 5.11 Å². The van der Waals surface area contributed by atoms with Crippen LogP contribution < -0.4 is 0 Å². The normalized spacial score (nSPS) is 12.9. The van der Waals surface area contributed by atoms with Crippen molar-refractivity contribution >= 4 is 16.9 Å². The second-order valence-electron chi connectivity index (χ2n) is 3.64. The lowest BCUT2D eigenvalue weighted by Gasteiger charge is -2.02. The number of carbonyl (C=O) groups is 1. The largest absolute Gasteiger partial charge is 0.508 e. The number of phenols is 1. The number of benzene rings is 1. The van der Waals surface area contributed by atoms with Gasteiger partial charge in [-0.2, -0.15) is 0 Å². The number of phenolic OH excluding ortho intramolecular Hbond substituents is 1. The lowest BCUT2D eigenvalue weighted by atomic mass is 10.1. The van der Waals surface area contributed by atoms with E-state index in [1.54, 1.807) is 23.9 Å². The van der Waals surface area contributed by atoms with E-state index in [0.717, 1.165) is 0 Å². The number of aryl methyl sites for hydroxylation is 1. The van der Waals surface area contributed by atoms with Gasteiger partial charge < -0.3 is 19.9 Å². The Kier molecular flexibility index (Phi) is 2.32. The van der Waals surface area contributed by atoms with Crippen LogP contribution in [0.1, 0.15) is 11.7 Å². The Hall–Kier alpha value is -2.01. The van der Waals surface area contributed by atoms with E-state index >= 15 is 0 Å². The standard InChI is InChI=1S/C11H11NO4/c1-12-5-8(10(14)11(15)16)7-3-2-6(13)4-9(7)12/h2-5,10,13-14H,1H3,(H,15,16). The predicted octanol–water partition coefficient (Wildman–Crippen LogP) is 1.00. The van der Waals surface area contributed by atoms with Gasteiger partial charge in [-0.1, -0.05) is 0 Å². The minimum atomic E-state index is -1.55. The van der Waals surface area contributed by atoms with Crippen molar-refractivity contribution in [2.24, 2.45) is 7.05 Å². The number of aromatic hydroxyl groups is 1. The number of nitrogens with zero attached hydrogens (tertiary/aromatic N) is 1. The zero-order chi connectivity index (χ0) is 11.9. The van der Waals surface area contributed by atoms with Crippen molar-refractivity contribution < 1.29 is 20.1 Å². The number of carboxylic acid groups (broad SMARTS) is 1. The third-order valence-electron chi connectivity index (χ3n) is 2.53. The number of aliphatic hydroxyl groups excluding tert-OH is 1. The zero-order valence-electron chi connectivity index (χ0n) is 8.58. The van der Waals surface area contributed by atoms with Crippen LogP contribution in [0.25, 0.3) is 10.9 Å². The number of aliphatic hydroxyl groups is 1. The van der Waals surface area contributed by atoms with Crippen LogP contribution >= 0.6 is 0 Å². The second kappa shape index (κ2) is 3.53. The summed E-state index contributed by atoms with van der Waals surface area (Å²) in [4.78, 5) is 10.7. The van der Waals surface area contributed by atoms with Crippen LogP contribution in [-0.2, 0) is 11.8 Å². The highest BCUT2D eigenvalue weighted by molar-refractivity contribution is 5.89. The van der Waals surface area contributed by atoms with Gasteiger partial charge >= 0.3 is 5.97 Å². The Morgan fingerprint density at radius 2 is 2.12 bits per heavy atom. The highest BCUT2D eigenvalue weighted by Gasteiger charge is 2.20. The van der Waals surface area contributed by atoms with Crippen LogP contribution in [0.3, 0.4) is 0 Å². The van der Waals surface area contributed by atoms with E-state index in [1.807, 2.05) is 0 Å². The van der Waals surface area contributed by atoms with E-state index in [0.29, 0.717) is 16.5 Å². The molecule has 1 aromatic carbocycles. The van der Waals surface area contributed by atoms with Crippen LogP contribution in [-0.4, -0.2) is 25.9 Å². The molecule has 2 rings (SSSR count). The summed E-state index contributed by atoms with van der Waals surface area (Å²) in [5.41, 5.74) is 1.00. The fourth-order valence-electron chi connectivity index (χ4n) is 1.75. The molecule has 5 heteroatoms. The highest BCUT2D eigenvalue weighted by Crippen LogP contribution is 2.28. The van der Waals surface area contributed by atoms with Crippen molar-refractivity contribution in [2.45, 2.75) is 6.10 Å². The molecule has 2 aromatic rings. The Balaban J connectivity index is 2.68. The average molecular weight is 221 g/mol. The molecule has 0 spiro atoms. The van der Waals surface area contributed by atoms with Crippen LogP contribution in [0.15, 0.2) is 24.4 Å². The Morgan fingerprint density at radius 1 is 1.44 bits per heavy atom. The van der Waals surface area contributed by atoms with Crippen LogP contribution in [0, 0.1) is 0 Å². The van der Waals surface area contributed by atoms with Crippen LogP contribution in [0.5, 0.6) is 5.75 Å². The molecule has 0 aliphatic carbocycles. The van der Waals surface area contributed by atoms with Gasteiger partial charge in [0, 0.05) is 30.3 Å². The molecule has 0 saturated carbocycles. The fraction of sp³-hybridized carbons (Fsp3) is 0.182. The number of fused-ring (bicyclic) bond motifs is 1. The van der Waals surface area contributed by atoms with Gasteiger partial charge in [0.05, 0.1) is 5.52 Å². The molecule has 0 aliphatic heterocycles. The number of hydrogen-bond donors (Lipinski definition) is 3.